The van der Waals surface area contributed by atoms with E-state index >= 15 is 0 Å². The largest absolute Gasteiger partial charge is 0.396 e. The second kappa shape index (κ2) is 7.31. The first-order valence-corrected chi connectivity index (χ1v) is 6.69. The Labute approximate surface area is 105 Å². The summed E-state index contributed by atoms with van der Waals surface area (Å²) in [6, 6.07) is 2.01. The van der Waals surface area contributed by atoms with Gasteiger partial charge in [-0.3, -0.25) is 0 Å². The van der Waals surface area contributed by atoms with Crippen molar-refractivity contribution in [2.24, 2.45) is 5.84 Å². The summed E-state index contributed by atoms with van der Waals surface area (Å²) in [4.78, 5) is 8.51. The summed E-state index contributed by atoms with van der Waals surface area (Å²) in [6.45, 7) is 2.26. The Kier molecular flexibility index (Phi) is 6.03. The lowest BCUT2D eigenvalue weighted by atomic mass is 10.2. The molecule has 0 fully saturated rings. The van der Waals surface area contributed by atoms with Crippen molar-refractivity contribution in [3.63, 3.8) is 0 Å². The average Bonchev–Trinajstić information content (AvgIpc) is 2.35. The maximum Gasteiger partial charge on any atom is 0.191 e. The molecule has 96 valence electrons. The number of aliphatic hydroxyl groups is 1. The number of hydrogen-bond acceptors (Lipinski definition) is 7. The van der Waals surface area contributed by atoms with Crippen LogP contribution in [-0.4, -0.2) is 34.0 Å². The Balaban J connectivity index is 2.68. The van der Waals surface area contributed by atoms with E-state index in [1.807, 2.05) is 13.2 Å². The summed E-state index contributed by atoms with van der Waals surface area (Å²) in [7, 11) is 0. The standard InChI is InChI=1S/C10H19N5OS/c1-7(4-3-5-16)12-8-6-9(15-11)14-10(13-8)17-2/h6-7,16H,3-5,11H2,1-2H3,(H2,12,13,14,15). The lowest BCUT2D eigenvalue weighted by molar-refractivity contribution is 0.282. The maximum atomic E-state index is 8.76. The molecule has 6 nitrogen and oxygen atoms in total. The normalized spacial score (nSPS) is 12.2. The molecule has 0 amide bonds. The number of nitrogens with zero attached hydrogens (tertiary/aromatic N) is 2. The summed E-state index contributed by atoms with van der Waals surface area (Å²) in [5.74, 6) is 6.67. The summed E-state index contributed by atoms with van der Waals surface area (Å²) in [5.41, 5.74) is 2.51. The van der Waals surface area contributed by atoms with Gasteiger partial charge in [-0.05, 0) is 26.0 Å². The molecular formula is C10H19N5OS. The minimum absolute atomic E-state index is 0.210. The molecule has 0 aliphatic heterocycles. The van der Waals surface area contributed by atoms with Gasteiger partial charge in [0.2, 0.25) is 0 Å². The van der Waals surface area contributed by atoms with Crippen molar-refractivity contribution in [2.75, 3.05) is 23.6 Å². The van der Waals surface area contributed by atoms with Crippen LogP contribution in [0, 0.1) is 0 Å². The molecule has 7 heteroatoms. The third-order valence-electron chi connectivity index (χ3n) is 2.23. The Hall–Kier alpha value is -1.05. The Morgan fingerprint density at radius 3 is 2.76 bits per heavy atom. The van der Waals surface area contributed by atoms with Crippen LogP contribution in [0.2, 0.25) is 0 Å². The second-order valence-corrected chi connectivity index (χ2v) is 4.45. The second-order valence-electron chi connectivity index (χ2n) is 3.68. The first-order chi connectivity index (χ1) is 8.19. The SMILES string of the molecule is CSc1nc(NN)cc(NC(C)CCCO)n1. The van der Waals surface area contributed by atoms with E-state index in [1.54, 1.807) is 6.07 Å². The highest BCUT2D eigenvalue weighted by Gasteiger charge is 2.06. The van der Waals surface area contributed by atoms with Gasteiger partial charge in [0.1, 0.15) is 11.6 Å². The zero-order valence-electron chi connectivity index (χ0n) is 10.1. The fraction of sp³-hybridized carbons (Fsp3) is 0.600. The molecule has 0 saturated carbocycles. The van der Waals surface area contributed by atoms with Gasteiger partial charge in [-0.2, -0.15) is 0 Å². The quantitative estimate of drug-likeness (QED) is 0.251. The van der Waals surface area contributed by atoms with Crippen molar-refractivity contribution < 1.29 is 5.11 Å². The fourth-order valence-corrected chi connectivity index (χ4v) is 1.77. The Morgan fingerprint density at radius 2 is 2.18 bits per heavy atom. The topological polar surface area (TPSA) is 96.1 Å². The van der Waals surface area contributed by atoms with Crippen molar-refractivity contribution in [3.8, 4) is 0 Å². The van der Waals surface area contributed by atoms with Crippen LogP contribution in [0.3, 0.4) is 0 Å². The molecule has 1 unspecified atom stereocenters. The van der Waals surface area contributed by atoms with Crippen molar-refractivity contribution in [1.29, 1.82) is 0 Å². The molecule has 0 radical (unpaired) electrons. The van der Waals surface area contributed by atoms with E-state index < -0.39 is 0 Å². The summed E-state index contributed by atoms with van der Waals surface area (Å²) < 4.78 is 0. The number of anilines is 2. The monoisotopic (exact) mass is 257 g/mol. The molecule has 0 spiro atoms. The number of aromatic nitrogens is 2. The van der Waals surface area contributed by atoms with E-state index in [4.69, 9.17) is 10.9 Å². The van der Waals surface area contributed by atoms with Crippen LogP contribution in [0.15, 0.2) is 11.2 Å². The van der Waals surface area contributed by atoms with Gasteiger partial charge in [0.15, 0.2) is 5.16 Å². The predicted molar refractivity (Wildman–Crippen MR) is 71.0 cm³/mol. The van der Waals surface area contributed by atoms with Gasteiger partial charge in [-0.25, -0.2) is 15.8 Å². The van der Waals surface area contributed by atoms with Crippen molar-refractivity contribution in [2.45, 2.75) is 31.0 Å². The van der Waals surface area contributed by atoms with E-state index in [-0.39, 0.29) is 12.6 Å². The van der Waals surface area contributed by atoms with E-state index in [2.05, 4.69) is 20.7 Å². The highest BCUT2D eigenvalue weighted by atomic mass is 32.2. The van der Waals surface area contributed by atoms with Crippen molar-refractivity contribution in [1.82, 2.24) is 9.97 Å². The van der Waals surface area contributed by atoms with Crippen LogP contribution in [0.25, 0.3) is 0 Å². The summed E-state index contributed by atoms with van der Waals surface area (Å²) >= 11 is 1.46. The average molecular weight is 257 g/mol. The number of hydrazine groups is 1. The van der Waals surface area contributed by atoms with E-state index in [9.17, 15) is 0 Å². The van der Waals surface area contributed by atoms with Crippen molar-refractivity contribution in [3.05, 3.63) is 6.07 Å². The molecule has 1 heterocycles. The van der Waals surface area contributed by atoms with Crippen LogP contribution < -0.4 is 16.6 Å². The minimum atomic E-state index is 0.210. The highest BCUT2D eigenvalue weighted by molar-refractivity contribution is 7.98. The maximum absolute atomic E-state index is 8.76. The number of nitrogens with one attached hydrogen (secondary N) is 2. The molecule has 0 aliphatic carbocycles. The number of aliphatic hydroxyl groups excluding tert-OH is 1. The minimum Gasteiger partial charge on any atom is -0.396 e. The number of thioether (sulfide) groups is 1. The molecular weight excluding hydrogens is 238 g/mol. The zero-order valence-corrected chi connectivity index (χ0v) is 10.9. The molecule has 1 atom stereocenters. The van der Waals surface area contributed by atoms with Crippen LogP contribution >= 0.6 is 11.8 Å². The molecule has 0 aromatic carbocycles. The summed E-state index contributed by atoms with van der Waals surface area (Å²) in [6.07, 6.45) is 3.58. The van der Waals surface area contributed by atoms with Crippen LogP contribution in [0.5, 0.6) is 0 Å². The molecule has 1 rings (SSSR count). The van der Waals surface area contributed by atoms with E-state index in [0.717, 1.165) is 18.7 Å². The number of nitrogen functional groups attached to an aromatic ring is 1. The number of nitrogens with two attached hydrogens (primary N) is 1. The predicted octanol–water partition coefficient (Wildman–Crippen LogP) is 1.06. The number of hydrogen-bond donors (Lipinski definition) is 4. The lowest BCUT2D eigenvalue weighted by Gasteiger charge is -2.14. The van der Waals surface area contributed by atoms with Gasteiger partial charge < -0.3 is 15.8 Å². The van der Waals surface area contributed by atoms with Gasteiger partial charge >= 0.3 is 0 Å². The molecule has 17 heavy (non-hydrogen) atoms. The van der Waals surface area contributed by atoms with Crippen LogP contribution in [0.4, 0.5) is 11.6 Å². The first kappa shape index (κ1) is 14.0. The molecule has 0 bridgehead atoms. The van der Waals surface area contributed by atoms with Gasteiger partial charge in [-0.15, -0.1) is 0 Å². The van der Waals surface area contributed by atoms with Gasteiger partial charge in [0.05, 0.1) is 0 Å². The molecule has 5 N–H and O–H groups in total. The zero-order chi connectivity index (χ0) is 12.7. The van der Waals surface area contributed by atoms with E-state index in [0.29, 0.717) is 11.0 Å². The van der Waals surface area contributed by atoms with E-state index in [1.165, 1.54) is 11.8 Å². The Bertz CT molecular complexity index is 327. The fourth-order valence-electron chi connectivity index (χ4n) is 1.39. The molecule has 0 aliphatic rings. The first-order valence-electron chi connectivity index (χ1n) is 5.46. The molecule has 0 saturated heterocycles. The third-order valence-corrected chi connectivity index (χ3v) is 2.77. The highest BCUT2D eigenvalue weighted by Crippen LogP contribution is 2.17. The lowest BCUT2D eigenvalue weighted by Crippen LogP contribution is -2.18. The third kappa shape index (κ3) is 4.76. The Morgan fingerprint density at radius 1 is 1.47 bits per heavy atom. The van der Waals surface area contributed by atoms with Gasteiger partial charge in [0.25, 0.3) is 0 Å². The van der Waals surface area contributed by atoms with Crippen LogP contribution in [0.1, 0.15) is 19.8 Å². The van der Waals surface area contributed by atoms with Gasteiger partial charge in [-0.1, -0.05) is 11.8 Å². The number of rotatable bonds is 7. The van der Waals surface area contributed by atoms with Crippen molar-refractivity contribution >= 4 is 23.4 Å². The summed E-state index contributed by atoms with van der Waals surface area (Å²) in [5, 5.41) is 12.7. The molecule has 1 aromatic rings. The smallest absolute Gasteiger partial charge is 0.191 e. The van der Waals surface area contributed by atoms with Gasteiger partial charge in [0, 0.05) is 18.7 Å². The molecule has 1 aromatic heterocycles. The van der Waals surface area contributed by atoms with Crippen LogP contribution in [-0.2, 0) is 0 Å².